The van der Waals surface area contributed by atoms with Crippen molar-refractivity contribution in [1.29, 1.82) is 0 Å². The molecule has 0 spiro atoms. The summed E-state index contributed by atoms with van der Waals surface area (Å²) in [4.78, 5) is 25.4. The average molecular weight is 368 g/mol. The molecule has 3 rings (SSSR count). The first-order chi connectivity index (χ1) is 12.6. The van der Waals surface area contributed by atoms with Crippen LogP contribution in [0.3, 0.4) is 0 Å². The molecule has 2 heterocycles. The number of aryl methyl sites for hydroxylation is 2. The molecule has 2 aromatic heterocycles. The van der Waals surface area contributed by atoms with Crippen molar-refractivity contribution < 1.29 is 9.59 Å². The average Bonchev–Trinajstić information content (AvgIpc) is 3.29. The van der Waals surface area contributed by atoms with Crippen LogP contribution in [0, 0.1) is 0 Å². The minimum atomic E-state index is -0.265. The number of hydrogen-bond acceptors (Lipinski definition) is 4. The molecule has 0 unspecified atom stereocenters. The molecular weight excluding hydrogens is 348 g/mol. The number of carbonyl (C=O) groups excluding carboxylic acids is 2. The van der Waals surface area contributed by atoms with E-state index in [9.17, 15) is 9.59 Å². The molecule has 6 nitrogen and oxygen atoms in total. The highest BCUT2D eigenvalue weighted by Crippen LogP contribution is 2.12. The fourth-order valence-electron chi connectivity index (χ4n) is 2.47. The van der Waals surface area contributed by atoms with Crippen molar-refractivity contribution in [2.45, 2.75) is 19.4 Å². The number of aromatic nitrogens is 2. The normalized spacial score (nSPS) is 10.5. The first-order valence-electron chi connectivity index (χ1n) is 8.30. The minimum absolute atomic E-state index is 0.109. The van der Waals surface area contributed by atoms with Crippen LogP contribution in [0.5, 0.6) is 0 Å². The molecule has 2 N–H and O–H groups in total. The van der Waals surface area contributed by atoms with E-state index in [2.05, 4.69) is 15.7 Å². The summed E-state index contributed by atoms with van der Waals surface area (Å²) >= 11 is 1.58. The van der Waals surface area contributed by atoms with Gasteiger partial charge in [-0.1, -0.05) is 36.4 Å². The Kier molecular flexibility index (Phi) is 5.80. The van der Waals surface area contributed by atoms with Crippen LogP contribution in [-0.2, 0) is 24.8 Å². The van der Waals surface area contributed by atoms with Gasteiger partial charge < -0.3 is 10.6 Å². The van der Waals surface area contributed by atoms with Gasteiger partial charge >= 0.3 is 0 Å². The van der Waals surface area contributed by atoms with Gasteiger partial charge in [-0.2, -0.15) is 5.10 Å². The molecule has 134 valence electrons. The molecule has 0 saturated carbocycles. The van der Waals surface area contributed by atoms with Gasteiger partial charge in [0.25, 0.3) is 5.91 Å². The maximum atomic E-state index is 12.2. The van der Waals surface area contributed by atoms with Crippen molar-refractivity contribution in [1.82, 2.24) is 15.1 Å². The molecule has 3 aromatic rings. The number of carbonyl (C=O) groups is 2. The van der Waals surface area contributed by atoms with Crippen LogP contribution < -0.4 is 10.6 Å². The van der Waals surface area contributed by atoms with Gasteiger partial charge in [-0.3, -0.25) is 14.3 Å². The first-order valence-corrected chi connectivity index (χ1v) is 9.18. The Morgan fingerprint density at radius 2 is 1.96 bits per heavy atom. The number of nitrogens with zero attached hydrogens (tertiary/aromatic N) is 2. The molecule has 0 radical (unpaired) electrons. The van der Waals surface area contributed by atoms with Gasteiger partial charge in [0.2, 0.25) is 5.91 Å². The minimum Gasteiger partial charge on any atom is -0.346 e. The molecule has 0 fully saturated rings. The Morgan fingerprint density at radius 3 is 2.69 bits per heavy atom. The van der Waals surface area contributed by atoms with Gasteiger partial charge in [-0.25, -0.2) is 0 Å². The van der Waals surface area contributed by atoms with Crippen molar-refractivity contribution in [3.63, 3.8) is 0 Å². The van der Waals surface area contributed by atoms with E-state index in [-0.39, 0.29) is 17.5 Å². The van der Waals surface area contributed by atoms with Gasteiger partial charge in [-0.15, -0.1) is 11.3 Å². The maximum absolute atomic E-state index is 12.2. The lowest BCUT2D eigenvalue weighted by molar-refractivity contribution is -0.116. The molecule has 0 saturated heterocycles. The number of anilines is 1. The number of thiophene rings is 1. The summed E-state index contributed by atoms with van der Waals surface area (Å²) in [6.07, 6.45) is 1.04. The largest absolute Gasteiger partial charge is 0.346 e. The van der Waals surface area contributed by atoms with E-state index < -0.39 is 0 Å². The smallest absolute Gasteiger partial charge is 0.272 e. The summed E-state index contributed by atoms with van der Waals surface area (Å²) in [6.45, 7) is 0.464. The molecule has 26 heavy (non-hydrogen) atoms. The molecular formula is C19H20N4O2S. The molecule has 0 bridgehead atoms. The molecule has 0 atom stereocenters. The van der Waals surface area contributed by atoms with Crippen molar-refractivity contribution in [2.24, 2.45) is 7.05 Å². The SMILES string of the molecule is Cn1nc(C(=O)NCc2cccs2)cc1NC(=O)CCc1ccccc1. The zero-order valence-electron chi connectivity index (χ0n) is 14.4. The molecule has 7 heteroatoms. The molecule has 0 aliphatic heterocycles. The van der Waals surface area contributed by atoms with Crippen LogP contribution in [0.2, 0.25) is 0 Å². The Bertz CT molecular complexity index is 872. The third-order valence-corrected chi connectivity index (χ3v) is 4.74. The zero-order chi connectivity index (χ0) is 18.4. The Balaban J connectivity index is 1.53. The van der Waals surface area contributed by atoms with Crippen molar-refractivity contribution in [3.05, 3.63) is 70.0 Å². The van der Waals surface area contributed by atoms with Gasteiger partial charge in [0.05, 0.1) is 6.54 Å². The predicted octanol–water partition coefficient (Wildman–Crippen LogP) is 2.98. The predicted molar refractivity (Wildman–Crippen MR) is 102 cm³/mol. The third-order valence-electron chi connectivity index (χ3n) is 3.87. The standard InChI is InChI=1S/C19H20N4O2S/c1-23-17(21-18(24)10-9-14-6-3-2-4-7-14)12-16(22-23)19(25)20-13-15-8-5-11-26-15/h2-8,11-12H,9-10,13H2,1H3,(H,20,25)(H,21,24). The first kappa shape index (κ1) is 17.9. The van der Waals surface area contributed by atoms with Gasteiger partial charge in [0, 0.05) is 24.4 Å². The summed E-state index contributed by atoms with van der Waals surface area (Å²) in [5.74, 6) is 0.130. The second-order valence-corrected chi connectivity index (χ2v) is 6.87. The fraction of sp³-hybridized carbons (Fsp3) is 0.211. The van der Waals surface area contributed by atoms with Crippen LogP contribution in [0.25, 0.3) is 0 Å². The molecule has 0 aliphatic carbocycles. The number of rotatable bonds is 7. The maximum Gasteiger partial charge on any atom is 0.272 e. The topological polar surface area (TPSA) is 76.0 Å². The molecule has 2 amide bonds. The van der Waals surface area contributed by atoms with E-state index in [0.717, 1.165) is 10.4 Å². The van der Waals surface area contributed by atoms with E-state index in [1.165, 1.54) is 4.68 Å². The zero-order valence-corrected chi connectivity index (χ0v) is 15.3. The lowest BCUT2D eigenvalue weighted by Crippen LogP contribution is -2.22. The number of nitrogens with one attached hydrogen (secondary N) is 2. The highest BCUT2D eigenvalue weighted by molar-refractivity contribution is 7.09. The van der Waals surface area contributed by atoms with Gasteiger partial charge in [0.1, 0.15) is 5.82 Å². The van der Waals surface area contributed by atoms with E-state index in [1.807, 2.05) is 47.8 Å². The van der Waals surface area contributed by atoms with Crippen LogP contribution in [0.4, 0.5) is 5.82 Å². The summed E-state index contributed by atoms with van der Waals surface area (Å²) in [6, 6.07) is 15.3. The third kappa shape index (κ3) is 4.80. The fourth-order valence-corrected chi connectivity index (χ4v) is 3.12. The monoisotopic (exact) mass is 368 g/mol. The molecule has 0 aliphatic rings. The highest BCUT2D eigenvalue weighted by atomic mass is 32.1. The van der Waals surface area contributed by atoms with E-state index in [1.54, 1.807) is 24.5 Å². The highest BCUT2D eigenvalue weighted by Gasteiger charge is 2.14. The van der Waals surface area contributed by atoms with Crippen molar-refractivity contribution in [3.8, 4) is 0 Å². The van der Waals surface area contributed by atoms with Crippen LogP contribution in [0.1, 0.15) is 27.3 Å². The second-order valence-electron chi connectivity index (χ2n) is 5.83. The summed E-state index contributed by atoms with van der Waals surface area (Å²) in [5, 5.41) is 11.8. The summed E-state index contributed by atoms with van der Waals surface area (Å²) < 4.78 is 1.50. The number of amides is 2. The Labute approximate surface area is 155 Å². The number of benzene rings is 1. The molecule has 1 aromatic carbocycles. The van der Waals surface area contributed by atoms with Gasteiger partial charge in [0.15, 0.2) is 5.69 Å². The van der Waals surface area contributed by atoms with Crippen molar-refractivity contribution >= 4 is 29.0 Å². The van der Waals surface area contributed by atoms with E-state index >= 15 is 0 Å². The van der Waals surface area contributed by atoms with Crippen molar-refractivity contribution in [2.75, 3.05) is 5.32 Å². The van der Waals surface area contributed by atoms with Crippen LogP contribution in [-0.4, -0.2) is 21.6 Å². The summed E-state index contributed by atoms with van der Waals surface area (Å²) in [5.41, 5.74) is 1.39. The Morgan fingerprint density at radius 1 is 1.15 bits per heavy atom. The Hall–Kier alpha value is -2.93. The quantitative estimate of drug-likeness (QED) is 0.673. The summed E-state index contributed by atoms with van der Waals surface area (Å²) in [7, 11) is 1.70. The van der Waals surface area contributed by atoms with Crippen LogP contribution >= 0.6 is 11.3 Å². The van der Waals surface area contributed by atoms with Crippen LogP contribution in [0.15, 0.2) is 53.9 Å². The van der Waals surface area contributed by atoms with E-state index in [0.29, 0.717) is 25.2 Å². The van der Waals surface area contributed by atoms with Gasteiger partial charge in [-0.05, 0) is 23.4 Å². The number of hydrogen-bond donors (Lipinski definition) is 2. The van der Waals surface area contributed by atoms with E-state index in [4.69, 9.17) is 0 Å². The lowest BCUT2D eigenvalue weighted by atomic mass is 10.1. The second kappa shape index (κ2) is 8.44. The lowest BCUT2D eigenvalue weighted by Gasteiger charge is -2.05.